The van der Waals surface area contributed by atoms with Crippen LogP contribution in [0.3, 0.4) is 0 Å². The topological polar surface area (TPSA) is 49.4 Å². The van der Waals surface area contributed by atoms with Crippen LogP contribution in [0.2, 0.25) is 10.0 Å². The predicted octanol–water partition coefficient (Wildman–Crippen LogP) is 5.30. The number of anilines is 2. The summed E-state index contributed by atoms with van der Waals surface area (Å²) < 4.78 is 0. The number of hydrogen-bond acceptors (Lipinski definition) is 2. The Morgan fingerprint density at radius 1 is 1.04 bits per heavy atom. The Bertz CT molecular complexity index is 827. The molecule has 0 bridgehead atoms. The van der Waals surface area contributed by atoms with E-state index in [0.29, 0.717) is 15.7 Å². The number of hydrogen-bond donors (Lipinski definition) is 1. The normalized spacial score (nSPS) is 10.5. The van der Waals surface area contributed by atoms with E-state index >= 15 is 0 Å². The molecule has 0 aliphatic carbocycles. The second-order valence-electron chi connectivity index (χ2n) is 6.34. The van der Waals surface area contributed by atoms with Crippen LogP contribution >= 0.6 is 23.2 Å². The molecule has 4 nitrogen and oxygen atoms in total. The minimum atomic E-state index is -0.220. The van der Waals surface area contributed by atoms with Gasteiger partial charge < -0.3 is 10.2 Å². The van der Waals surface area contributed by atoms with Crippen LogP contribution in [-0.2, 0) is 9.59 Å². The molecule has 0 atom stereocenters. The molecule has 0 aliphatic rings. The lowest BCUT2D eigenvalue weighted by Crippen LogP contribution is -2.33. The molecule has 0 saturated carbocycles. The minimum absolute atomic E-state index is 0.0996. The van der Waals surface area contributed by atoms with Crippen LogP contribution in [0.15, 0.2) is 30.3 Å². The van der Waals surface area contributed by atoms with Gasteiger partial charge in [-0.05, 0) is 50.1 Å². The van der Waals surface area contributed by atoms with Crippen molar-refractivity contribution in [3.63, 3.8) is 0 Å². The fourth-order valence-electron chi connectivity index (χ4n) is 3.04. The number of halogens is 2. The van der Waals surface area contributed by atoms with Crippen molar-refractivity contribution < 1.29 is 9.59 Å². The van der Waals surface area contributed by atoms with E-state index < -0.39 is 0 Å². The molecule has 0 aromatic heterocycles. The number of benzene rings is 2. The zero-order valence-electron chi connectivity index (χ0n) is 15.3. The van der Waals surface area contributed by atoms with Crippen molar-refractivity contribution in [2.24, 2.45) is 0 Å². The standard InChI is InChI=1S/C20H22Cl2N2O2/c1-12-9-13(2)20(14(3)10-12)24(15(4)25)8-7-19(26)23-18-6-5-16(21)11-17(18)22/h5-6,9-11H,7-8H2,1-4H3,(H,23,26). The maximum Gasteiger partial charge on any atom is 0.226 e. The van der Waals surface area contributed by atoms with Crippen molar-refractivity contribution >= 4 is 46.4 Å². The molecule has 0 unspecified atom stereocenters. The van der Waals surface area contributed by atoms with Crippen molar-refractivity contribution in [3.05, 3.63) is 57.1 Å². The summed E-state index contributed by atoms with van der Waals surface area (Å²) in [6.45, 7) is 7.76. The maximum atomic E-state index is 12.3. The molecule has 138 valence electrons. The van der Waals surface area contributed by atoms with E-state index in [2.05, 4.69) is 5.32 Å². The second-order valence-corrected chi connectivity index (χ2v) is 7.18. The molecule has 0 spiro atoms. The first-order valence-corrected chi connectivity index (χ1v) is 9.05. The number of nitrogens with one attached hydrogen (secondary N) is 1. The van der Waals surface area contributed by atoms with Gasteiger partial charge in [0.25, 0.3) is 0 Å². The van der Waals surface area contributed by atoms with Gasteiger partial charge in [-0.25, -0.2) is 0 Å². The number of aryl methyl sites for hydroxylation is 3. The van der Waals surface area contributed by atoms with Gasteiger partial charge in [-0.1, -0.05) is 40.9 Å². The molecular weight excluding hydrogens is 371 g/mol. The average molecular weight is 393 g/mol. The average Bonchev–Trinajstić information content (AvgIpc) is 2.52. The Morgan fingerprint density at radius 2 is 1.65 bits per heavy atom. The largest absolute Gasteiger partial charge is 0.325 e. The van der Waals surface area contributed by atoms with Gasteiger partial charge in [-0.2, -0.15) is 0 Å². The van der Waals surface area contributed by atoms with Crippen LogP contribution in [0.5, 0.6) is 0 Å². The Hall–Kier alpha value is -2.04. The van der Waals surface area contributed by atoms with E-state index in [-0.39, 0.29) is 24.8 Å². The monoisotopic (exact) mass is 392 g/mol. The number of rotatable bonds is 5. The van der Waals surface area contributed by atoms with Gasteiger partial charge in [0.05, 0.1) is 10.7 Å². The first-order chi connectivity index (χ1) is 12.2. The van der Waals surface area contributed by atoms with Gasteiger partial charge in [0.1, 0.15) is 0 Å². The molecule has 26 heavy (non-hydrogen) atoms. The quantitative estimate of drug-likeness (QED) is 0.749. The summed E-state index contributed by atoms with van der Waals surface area (Å²) in [6, 6.07) is 8.95. The molecule has 6 heteroatoms. The number of carbonyl (C=O) groups excluding carboxylic acids is 2. The SMILES string of the molecule is CC(=O)N(CCC(=O)Nc1ccc(Cl)cc1Cl)c1c(C)cc(C)cc1C. The highest BCUT2D eigenvalue weighted by Gasteiger charge is 2.18. The second kappa shape index (κ2) is 8.56. The summed E-state index contributed by atoms with van der Waals surface area (Å²) in [6.07, 6.45) is 0.158. The van der Waals surface area contributed by atoms with Crippen LogP contribution < -0.4 is 10.2 Å². The third kappa shape index (κ3) is 4.99. The third-order valence-electron chi connectivity index (χ3n) is 4.05. The lowest BCUT2D eigenvalue weighted by Gasteiger charge is -2.25. The highest BCUT2D eigenvalue weighted by Crippen LogP contribution is 2.28. The van der Waals surface area contributed by atoms with E-state index in [1.807, 2.05) is 32.9 Å². The van der Waals surface area contributed by atoms with E-state index in [4.69, 9.17) is 23.2 Å². The fourth-order valence-corrected chi connectivity index (χ4v) is 3.50. The number of carbonyl (C=O) groups is 2. The highest BCUT2D eigenvalue weighted by atomic mass is 35.5. The van der Waals surface area contributed by atoms with Crippen LogP contribution in [0.25, 0.3) is 0 Å². The summed E-state index contributed by atoms with van der Waals surface area (Å²) in [5.41, 5.74) is 4.53. The summed E-state index contributed by atoms with van der Waals surface area (Å²) in [7, 11) is 0. The van der Waals surface area contributed by atoms with Gasteiger partial charge in [0.15, 0.2) is 0 Å². The van der Waals surface area contributed by atoms with Crippen LogP contribution in [0, 0.1) is 20.8 Å². The summed E-state index contributed by atoms with van der Waals surface area (Å²) in [4.78, 5) is 26.1. The molecule has 0 heterocycles. The maximum absolute atomic E-state index is 12.3. The van der Waals surface area contributed by atoms with E-state index in [9.17, 15) is 9.59 Å². The van der Waals surface area contributed by atoms with Crippen molar-refractivity contribution in [1.82, 2.24) is 0 Å². The van der Waals surface area contributed by atoms with Crippen molar-refractivity contribution in [1.29, 1.82) is 0 Å². The minimum Gasteiger partial charge on any atom is -0.325 e. The zero-order chi connectivity index (χ0) is 19.4. The van der Waals surface area contributed by atoms with Crippen LogP contribution in [0.4, 0.5) is 11.4 Å². The Morgan fingerprint density at radius 3 is 2.19 bits per heavy atom. The molecule has 2 aromatic rings. The lowest BCUT2D eigenvalue weighted by molar-refractivity contribution is -0.117. The number of nitrogens with zero attached hydrogens (tertiary/aromatic N) is 1. The van der Waals surface area contributed by atoms with Crippen molar-refractivity contribution in [2.45, 2.75) is 34.1 Å². The van der Waals surface area contributed by atoms with E-state index in [0.717, 1.165) is 22.4 Å². The van der Waals surface area contributed by atoms with Crippen molar-refractivity contribution in [3.8, 4) is 0 Å². The smallest absolute Gasteiger partial charge is 0.226 e. The number of amides is 2. The van der Waals surface area contributed by atoms with E-state index in [1.54, 1.807) is 23.1 Å². The highest BCUT2D eigenvalue weighted by molar-refractivity contribution is 6.36. The van der Waals surface area contributed by atoms with E-state index in [1.165, 1.54) is 6.92 Å². The van der Waals surface area contributed by atoms with Crippen LogP contribution in [-0.4, -0.2) is 18.4 Å². The van der Waals surface area contributed by atoms with Crippen molar-refractivity contribution in [2.75, 3.05) is 16.8 Å². The summed E-state index contributed by atoms with van der Waals surface area (Å²) >= 11 is 11.9. The first kappa shape index (κ1) is 20.3. The Labute approximate surface area is 164 Å². The summed E-state index contributed by atoms with van der Waals surface area (Å²) in [5, 5.41) is 3.63. The third-order valence-corrected chi connectivity index (χ3v) is 4.60. The molecule has 2 amide bonds. The molecule has 0 fully saturated rings. The molecule has 1 N–H and O–H groups in total. The molecule has 0 radical (unpaired) electrons. The van der Waals surface area contributed by atoms with Crippen LogP contribution in [0.1, 0.15) is 30.0 Å². The molecule has 0 aliphatic heterocycles. The van der Waals surface area contributed by atoms with Gasteiger partial charge in [-0.3, -0.25) is 9.59 Å². The van der Waals surface area contributed by atoms with Gasteiger partial charge in [0, 0.05) is 30.6 Å². The Balaban J connectivity index is 2.12. The predicted molar refractivity (Wildman–Crippen MR) is 108 cm³/mol. The summed E-state index contributed by atoms with van der Waals surface area (Å²) in [5.74, 6) is -0.319. The molecule has 0 saturated heterocycles. The molecule has 2 rings (SSSR count). The lowest BCUT2D eigenvalue weighted by atomic mass is 10.0. The first-order valence-electron chi connectivity index (χ1n) is 8.30. The Kier molecular flexibility index (Phi) is 6.68. The van der Waals surface area contributed by atoms with Gasteiger partial charge in [-0.15, -0.1) is 0 Å². The molecular formula is C20H22Cl2N2O2. The zero-order valence-corrected chi connectivity index (χ0v) is 16.8. The molecule has 2 aromatic carbocycles. The van der Waals surface area contributed by atoms with Gasteiger partial charge >= 0.3 is 0 Å². The van der Waals surface area contributed by atoms with Gasteiger partial charge in [0.2, 0.25) is 11.8 Å². The fraction of sp³-hybridized carbons (Fsp3) is 0.300.